The van der Waals surface area contributed by atoms with Crippen molar-refractivity contribution in [3.63, 3.8) is 0 Å². The van der Waals surface area contributed by atoms with Gasteiger partial charge in [-0.2, -0.15) is 0 Å². The van der Waals surface area contributed by atoms with E-state index in [1.165, 1.54) is 34.1 Å². The molecule has 0 N–H and O–H groups in total. The second-order valence-electron chi connectivity index (χ2n) is 9.33. The molecule has 2 amide bonds. The van der Waals surface area contributed by atoms with E-state index in [1.807, 2.05) is 115 Å². The van der Waals surface area contributed by atoms with Gasteiger partial charge in [-0.1, -0.05) is 48.5 Å². The van der Waals surface area contributed by atoms with Gasteiger partial charge >= 0.3 is 34.1 Å². The molecule has 12 nitrogen and oxygen atoms in total. The van der Waals surface area contributed by atoms with Crippen LogP contribution in [0.2, 0.25) is 0 Å². The summed E-state index contributed by atoms with van der Waals surface area (Å²) < 4.78 is 3.61. The molecule has 286 valence electrons. The summed E-state index contributed by atoms with van der Waals surface area (Å²) in [4.78, 5) is 62.7. The zero-order chi connectivity index (χ0) is 38.8. The van der Waals surface area contributed by atoms with Gasteiger partial charge in [0.25, 0.3) is 0 Å². The van der Waals surface area contributed by atoms with Crippen LogP contribution >= 0.6 is 90.4 Å². The van der Waals surface area contributed by atoms with E-state index in [9.17, 15) is 49.2 Å². The summed E-state index contributed by atoms with van der Waals surface area (Å²) in [5.41, 5.74) is 0.914. The van der Waals surface area contributed by atoms with E-state index in [2.05, 4.69) is 0 Å². The Morgan fingerprint density at radius 3 is 0.673 bits per heavy atom. The van der Waals surface area contributed by atoms with Crippen LogP contribution in [0.25, 0.3) is 0 Å². The van der Waals surface area contributed by atoms with Crippen molar-refractivity contribution in [3.8, 4) is 0 Å². The normalized spacial score (nSPS) is 8.46. The Morgan fingerprint density at radius 1 is 0.442 bits per heavy atom. The second-order valence-corrected chi connectivity index (χ2v) is 14.3. The Morgan fingerprint density at radius 2 is 0.596 bits per heavy atom. The van der Waals surface area contributed by atoms with E-state index < -0.39 is 23.9 Å². The molecule has 0 unspecified atom stereocenters. The first-order valence-electron chi connectivity index (χ1n) is 13.5. The summed E-state index contributed by atoms with van der Waals surface area (Å²) >= 11 is 8.19. The second kappa shape index (κ2) is 33.2. The number of carbonyl (C=O) groups is 6. The minimum absolute atomic E-state index is 0. The van der Waals surface area contributed by atoms with Gasteiger partial charge in [-0.25, -0.2) is 0 Å². The standard InChI is InChI=1S/4C7H5IO2.2C3H7NO.2Cu/c4*8-6-3-1-2-5(4-6)7(9)10;2*1-4(2)3-5;;/h4*1-4H,(H,9,10);2*3H,1-2H3;;/q;;;;;;2*+2/p-4. The maximum absolute atomic E-state index is 10.2. The zero-order valence-corrected chi connectivity index (χ0v) is 38.0. The third kappa shape index (κ3) is 31.2. The first kappa shape index (κ1) is 56.4. The van der Waals surface area contributed by atoms with E-state index >= 15 is 0 Å². The van der Waals surface area contributed by atoms with Gasteiger partial charge < -0.3 is 49.4 Å². The predicted octanol–water partition coefficient (Wildman–Crippen LogP) is 2.02. The van der Waals surface area contributed by atoms with Crippen LogP contribution in [0.1, 0.15) is 41.4 Å². The molecule has 0 aliphatic carbocycles. The number of nitrogens with zero attached hydrogens (tertiary/aromatic N) is 2. The van der Waals surface area contributed by atoms with Crippen LogP contribution in [0.5, 0.6) is 0 Å². The van der Waals surface area contributed by atoms with Crippen molar-refractivity contribution in [1.29, 1.82) is 0 Å². The summed E-state index contributed by atoms with van der Waals surface area (Å²) in [5, 5.41) is 41.0. The Labute approximate surface area is 377 Å². The topological polar surface area (TPSA) is 201 Å². The summed E-state index contributed by atoms with van der Waals surface area (Å²) in [7, 11) is 6.75. The third-order valence-corrected chi connectivity index (χ3v) is 7.35. The van der Waals surface area contributed by atoms with Gasteiger partial charge in [0.2, 0.25) is 12.8 Å². The molecule has 0 aliphatic rings. The Kier molecular flexibility index (Phi) is 36.1. The fourth-order valence-corrected chi connectivity index (χ4v) is 4.63. The summed E-state index contributed by atoms with van der Waals surface area (Å²) in [5.74, 6) is -4.51. The molecule has 4 aromatic carbocycles. The van der Waals surface area contributed by atoms with Gasteiger partial charge in [-0.3, -0.25) is 9.59 Å². The summed E-state index contributed by atoms with van der Waals surface area (Å²) in [6.07, 6.45) is 1.50. The van der Waals surface area contributed by atoms with E-state index in [1.54, 1.807) is 76.7 Å². The van der Waals surface area contributed by atoms with Crippen LogP contribution in [-0.4, -0.2) is 74.7 Å². The van der Waals surface area contributed by atoms with Crippen LogP contribution < -0.4 is 20.4 Å². The Hall–Kier alpha value is -2.34. The van der Waals surface area contributed by atoms with Crippen molar-refractivity contribution in [2.24, 2.45) is 0 Å². The molecule has 18 heteroatoms. The van der Waals surface area contributed by atoms with Crippen molar-refractivity contribution in [1.82, 2.24) is 9.80 Å². The molecule has 0 saturated heterocycles. The van der Waals surface area contributed by atoms with Crippen LogP contribution in [0, 0.1) is 14.3 Å². The Bertz CT molecular complexity index is 1460. The predicted molar refractivity (Wildman–Crippen MR) is 213 cm³/mol. The molecule has 4 rings (SSSR count). The van der Waals surface area contributed by atoms with Crippen molar-refractivity contribution in [3.05, 3.63) is 134 Å². The van der Waals surface area contributed by atoms with Crippen molar-refractivity contribution < 1.29 is 83.3 Å². The zero-order valence-electron chi connectivity index (χ0n) is 27.5. The van der Waals surface area contributed by atoms with E-state index in [0.29, 0.717) is 0 Å². The van der Waals surface area contributed by atoms with Gasteiger partial charge in [0.15, 0.2) is 0 Å². The molecule has 0 bridgehead atoms. The van der Waals surface area contributed by atoms with Gasteiger partial charge in [-0.15, -0.1) is 0 Å². The van der Waals surface area contributed by atoms with Crippen molar-refractivity contribution >= 4 is 127 Å². The maximum atomic E-state index is 10.2. The van der Waals surface area contributed by atoms with Crippen molar-refractivity contribution in [2.75, 3.05) is 28.2 Å². The minimum atomic E-state index is -1.13. The molecule has 0 aromatic heterocycles. The molecule has 0 spiro atoms. The monoisotopic (exact) mass is 1260 g/mol. The third-order valence-electron chi connectivity index (χ3n) is 4.66. The molecule has 4 aromatic rings. The minimum Gasteiger partial charge on any atom is -0.545 e. The number of hydrogen-bond acceptors (Lipinski definition) is 10. The Balaban J connectivity index is -0.000000269. The molecule has 0 fully saturated rings. The maximum Gasteiger partial charge on any atom is 2.00 e. The SMILES string of the molecule is CN(C)C=O.CN(C)C=O.O=C([O-])c1cccc(I)c1.O=C([O-])c1cccc(I)c1.O=C([O-])c1cccc(I)c1.O=C([O-])c1cccc(I)c1.[Cu+2].[Cu+2]. The van der Waals surface area contributed by atoms with Gasteiger partial charge in [0.05, 0.1) is 23.9 Å². The van der Waals surface area contributed by atoms with E-state index in [-0.39, 0.29) is 56.4 Å². The fraction of sp³-hybridized carbons (Fsp3) is 0.118. The number of rotatable bonds is 6. The quantitative estimate of drug-likeness (QED) is 0.156. The number of carbonyl (C=O) groups excluding carboxylic acids is 6. The number of carboxylic acid groups (broad SMARTS) is 4. The average molecular weight is 1260 g/mol. The van der Waals surface area contributed by atoms with Gasteiger partial charge in [0, 0.05) is 42.5 Å². The number of carboxylic acids is 4. The number of halogens is 4. The smallest absolute Gasteiger partial charge is 0.545 e. The van der Waals surface area contributed by atoms with Crippen molar-refractivity contribution in [2.45, 2.75) is 0 Å². The number of hydrogen-bond donors (Lipinski definition) is 0. The van der Waals surface area contributed by atoms with Crippen LogP contribution in [-0.2, 0) is 43.7 Å². The fourth-order valence-electron chi connectivity index (χ4n) is 2.46. The molecular formula is C34H30Cu2I4N2O10. The number of amides is 2. The molecule has 0 aliphatic heterocycles. The van der Waals surface area contributed by atoms with Gasteiger partial charge in [-0.05, 0) is 161 Å². The van der Waals surface area contributed by atoms with Gasteiger partial charge in [0.1, 0.15) is 0 Å². The van der Waals surface area contributed by atoms with Crippen LogP contribution in [0.4, 0.5) is 0 Å². The summed E-state index contributed by atoms with van der Waals surface area (Å²) in [6, 6.07) is 26.4. The molecule has 2 radical (unpaired) electrons. The van der Waals surface area contributed by atoms with Crippen LogP contribution in [0.3, 0.4) is 0 Å². The first-order chi connectivity index (χ1) is 23.3. The summed E-state index contributed by atoms with van der Waals surface area (Å²) in [6.45, 7) is 0. The number of aromatic carboxylic acids is 4. The molecule has 0 saturated carbocycles. The molecule has 0 atom stereocenters. The molecular weight excluding hydrogens is 1230 g/mol. The van der Waals surface area contributed by atoms with E-state index in [4.69, 9.17) is 0 Å². The molecule has 52 heavy (non-hydrogen) atoms. The first-order valence-corrected chi connectivity index (χ1v) is 17.8. The number of benzene rings is 4. The van der Waals surface area contributed by atoms with Crippen LogP contribution in [0.15, 0.2) is 97.1 Å². The van der Waals surface area contributed by atoms with E-state index in [0.717, 1.165) is 27.1 Å². The largest absolute Gasteiger partial charge is 2.00 e. The average Bonchev–Trinajstić information content (AvgIpc) is 3.06. The molecule has 0 heterocycles.